The number of carbonyl (C=O) groups is 3. The van der Waals surface area contributed by atoms with Gasteiger partial charge in [0.15, 0.2) is 6.29 Å². The Morgan fingerprint density at radius 3 is 1.49 bits per heavy atom. The molecule has 10 heteroatoms. The summed E-state index contributed by atoms with van der Waals surface area (Å²) in [6, 6.07) is 0. The number of hydrogen-bond donors (Lipinski definition) is 0. The van der Waals surface area contributed by atoms with Crippen molar-refractivity contribution < 1.29 is 42.8 Å². The summed E-state index contributed by atoms with van der Waals surface area (Å²) in [5, 5.41) is 0. The first kappa shape index (κ1) is 60.7. The Kier molecular flexibility index (Phi) is 48.3. The molecular formula is C51H97NO9. The first-order valence-corrected chi connectivity index (χ1v) is 24.8. The number of allylic oxidation sites excluding steroid dienone is 4. The molecule has 0 bridgehead atoms. The fourth-order valence-electron chi connectivity index (χ4n) is 6.65. The van der Waals surface area contributed by atoms with Crippen LogP contribution < -0.4 is 0 Å². The Balaban J connectivity index is 0. The van der Waals surface area contributed by atoms with E-state index in [0.717, 1.165) is 90.3 Å². The van der Waals surface area contributed by atoms with Crippen molar-refractivity contribution >= 4 is 18.1 Å². The van der Waals surface area contributed by atoms with E-state index < -0.39 is 24.3 Å². The maximum Gasteiger partial charge on any atom is 0.508 e. The van der Waals surface area contributed by atoms with Crippen LogP contribution in [0.5, 0.6) is 0 Å². The minimum absolute atomic E-state index is 0. The Morgan fingerprint density at radius 1 is 0.475 bits per heavy atom. The van der Waals surface area contributed by atoms with E-state index >= 15 is 0 Å². The summed E-state index contributed by atoms with van der Waals surface area (Å²) in [5.74, 6) is -1.22. The van der Waals surface area contributed by atoms with Gasteiger partial charge in [0.25, 0.3) is 0 Å². The van der Waals surface area contributed by atoms with Crippen LogP contribution >= 0.6 is 0 Å². The molecule has 0 aromatic carbocycles. The van der Waals surface area contributed by atoms with Gasteiger partial charge in [-0.3, -0.25) is 9.59 Å². The first-order chi connectivity index (χ1) is 29.4. The number of ether oxygens (including phenoxy) is 6. The molecule has 0 heterocycles. The highest BCUT2D eigenvalue weighted by atomic mass is 16.7. The van der Waals surface area contributed by atoms with Gasteiger partial charge in [0.2, 0.25) is 0 Å². The van der Waals surface area contributed by atoms with Gasteiger partial charge in [0, 0.05) is 32.6 Å². The lowest BCUT2D eigenvalue weighted by molar-refractivity contribution is -0.161. The minimum atomic E-state index is -0.782. The summed E-state index contributed by atoms with van der Waals surface area (Å²) < 4.78 is 34.1. The lowest BCUT2D eigenvalue weighted by atomic mass is 10.1. The van der Waals surface area contributed by atoms with Crippen molar-refractivity contribution in [2.24, 2.45) is 5.92 Å². The van der Waals surface area contributed by atoms with Gasteiger partial charge in [-0.15, -0.1) is 0 Å². The topological polar surface area (TPSA) is 110 Å². The van der Waals surface area contributed by atoms with Gasteiger partial charge in [0.1, 0.15) is 19.8 Å². The standard InChI is InChI=1S/C50H93NO9.CH4/c1-6-11-14-17-20-21-22-23-24-25-26-27-28-29-32-36-47(52)58-43-46(45-60-50(54)57-42-35-39-51(9-4)10-5)44-59-48(53)37-38-49(55-40-33-30-18-15-12-7-2)56-41-34-31-19-16-13-8-3;/h20-21,23-24,46,49H,6-19,22,25-45H2,1-5H3;1H4/b21-20-,24-23-;. The lowest BCUT2D eigenvalue weighted by Gasteiger charge is -2.20. The summed E-state index contributed by atoms with van der Waals surface area (Å²) in [5.41, 5.74) is 0. The molecule has 0 saturated heterocycles. The molecule has 0 aliphatic rings. The van der Waals surface area contributed by atoms with E-state index in [-0.39, 0.29) is 46.2 Å². The fraction of sp³-hybridized carbons (Fsp3) is 0.863. The predicted octanol–water partition coefficient (Wildman–Crippen LogP) is 13.9. The molecule has 1 atom stereocenters. The molecule has 360 valence electrons. The molecular weight excluding hydrogens is 771 g/mol. The lowest BCUT2D eigenvalue weighted by Crippen LogP contribution is -2.28. The quantitative estimate of drug-likeness (QED) is 0.0193. The highest BCUT2D eigenvalue weighted by Gasteiger charge is 2.20. The van der Waals surface area contributed by atoms with Crippen LogP contribution in [0, 0.1) is 5.92 Å². The molecule has 1 unspecified atom stereocenters. The molecule has 0 N–H and O–H groups in total. The van der Waals surface area contributed by atoms with Gasteiger partial charge in [0.05, 0.1) is 18.9 Å². The van der Waals surface area contributed by atoms with Crippen LogP contribution in [0.1, 0.15) is 215 Å². The summed E-state index contributed by atoms with van der Waals surface area (Å²) >= 11 is 0. The molecule has 61 heavy (non-hydrogen) atoms. The average molecular weight is 868 g/mol. The second-order valence-corrected chi connectivity index (χ2v) is 16.2. The van der Waals surface area contributed by atoms with E-state index in [1.54, 1.807) is 0 Å². The molecule has 0 radical (unpaired) electrons. The summed E-state index contributed by atoms with van der Waals surface area (Å²) in [6.45, 7) is 14.9. The molecule has 0 aliphatic carbocycles. The van der Waals surface area contributed by atoms with E-state index in [0.29, 0.717) is 32.5 Å². The Morgan fingerprint density at radius 2 is 0.934 bits per heavy atom. The van der Waals surface area contributed by atoms with Crippen LogP contribution in [0.15, 0.2) is 24.3 Å². The van der Waals surface area contributed by atoms with Crippen molar-refractivity contribution in [3.8, 4) is 0 Å². The minimum Gasteiger partial charge on any atom is -0.465 e. The SMILES string of the molecule is C.CCCCC/C=C\C/C=C\CCCCCCCC(=O)OCC(COC(=O)CCC(OCCCCCCCC)OCCCCCCCC)COC(=O)OCCCN(CC)CC. The van der Waals surface area contributed by atoms with Crippen molar-refractivity contribution in [3.63, 3.8) is 0 Å². The number of nitrogens with zero attached hydrogens (tertiary/aromatic N) is 1. The van der Waals surface area contributed by atoms with Crippen molar-refractivity contribution in [1.29, 1.82) is 0 Å². The second-order valence-electron chi connectivity index (χ2n) is 16.2. The molecule has 0 saturated carbocycles. The van der Waals surface area contributed by atoms with Gasteiger partial charge >= 0.3 is 18.1 Å². The van der Waals surface area contributed by atoms with Crippen LogP contribution in [0.4, 0.5) is 4.79 Å². The molecule has 0 amide bonds. The summed E-state index contributed by atoms with van der Waals surface area (Å²) in [4.78, 5) is 40.2. The van der Waals surface area contributed by atoms with Crippen molar-refractivity contribution in [3.05, 3.63) is 24.3 Å². The molecule has 0 aromatic heterocycles. The number of unbranched alkanes of at least 4 members (excludes halogenated alkanes) is 18. The third-order valence-electron chi connectivity index (χ3n) is 10.6. The average Bonchev–Trinajstić information content (AvgIpc) is 3.25. The third kappa shape index (κ3) is 44.0. The van der Waals surface area contributed by atoms with Gasteiger partial charge in [-0.1, -0.05) is 163 Å². The Hall–Kier alpha value is -2.43. The van der Waals surface area contributed by atoms with Gasteiger partial charge in [-0.2, -0.15) is 0 Å². The normalized spacial score (nSPS) is 12.0. The monoisotopic (exact) mass is 868 g/mol. The Labute approximate surface area is 376 Å². The predicted molar refractivity (Wildman–Crippen MR) is 253 cm³/mol. The highest BCUT2D eigenvalue weighted by Crippen LogP contribution is 2.14. The van der Waals surface area contributed by atoms with Crippen LogP contribution in [0.2, 0.25) is 0 Å². The second kappa shape index (κ2) is 48.6. The number of rotatable bonds is 45. The highest BCUT2D eigenvalue weighted by molar-refractivity contribution is 5.69. The van der Waals surface area contributed by atoms with Crippen LogP contribution in [-0.2, 0) is 38.0 Å². The van der Waals surface area contributed by atoms with Gasteiger partial charge in [-0.25, -0.2) is 4.79 Å². The molecule has 0 fully saturated rings. The van der Waals surface area contributed by atoms with Gasteiger partial charge in [-0.05, 0) is 70.9 Å². The molecule has 0 aliphatic heterocycles. The molecule has 0 aromatic rings. The number of hydrogen-bond acceptors (Lipinski definition) is 10. The van der Waals surface area contributed by atoms with E-state index in [9.17, 15) is 14.4 Å². The summed E-state index contributed by atoms with van der Waals surface area (Å²) in [6.07, 6.45) is 35.7. The zero-order chi connectivity index (χ0) is 44.0. The first-order valence-electron chi connectivity index (χ1n) is 24.8. The molecule has 0 rings (SSSR count). The van der Waals surface area contributed by atoms with Crippen LogP contribution in [0.25, 0.3) is 0 Å². The van der Waals surface area contributed by atoms with E-state index in [1.165, 1.54) is 77.0 Å². The van der Waals surface area contributed by atoms with E-state index in [1.807, 2.05) is 0 Å². The zero-order valence-electron chi connectivity index (χ0n) is 39.5. The van der Waals surface area contributed by atoms with Crippen molar-refractivity contribution in [2.75, 3.05) is 59.3 Å². The fourth-order valence-corrected chi connectivity index (χ4v) is 6.65. The molecule has 0 spiro atoms. The smallest absolute Gasteiger partial charge is 0.465 e. The summed E-state index contributed by atoms with van der Waals surface area (Å²) in [7, 11) is 0. The van der Waals surface area contributed by atoms with E-state index in [2.05, 4.69) is 63.8 Å². The zero-order valence-corrected chi connectivity index (χ0v) is 39.5. The third-order valence-corrected chi connectivity index (χ3v) is 10.6. The van der Waals surface area contributed by atoms with Crippen molar-refractivity contribution in [1.82, 2.24) is 4.90 Å². The van der Waals surface area contributed by atoms with E-state index in [4.69, 9.17) is 28.4 Å². The number of esters is 2. The molecule has 10 nitrogen and oxygen atoms in total. The van der Waals surface area contributed by atoms with Crippen molar-refractivity contribution in [2.45, 2.75) is 222 Å². The Bertz CT molecular complexity index is 998. The van der Waals surface area contributed by atoms with Crippen LogP contribution in [0.3, 0.4) is 0 Å². The van der Waals surface area contributed by atoms with Crippen LogP contribution in [-0.4, -0.2) is 88.6 Å². The largest absolute Gasteiger partial charge is 0.508 e. The maximum atomic E-state index is 12.9. The van der Waals surface area contributed by atoms with Gasteiger partial charge < -0.3 is 33.3 Å². The maximum absolute atomic E-state index is 12.9. The number of carbonyl (C=O) groups excluding carboxylic acids is 3.